The number of rotatable bonds is 4. The molecule has 1 aliphatic rings. The van der Waals surface area contributed by atoms with Crippen LogP contribution in [0.3, 0.4) is 0 Å². The zero-order valence-corrected chi connectivity index (χ0v) is 17.2. The van der Waals surface area contributed by atoms with Gasteiger partial charge in [-0.05, 0) is 66.9 Å². The van der Waals surface area contributed by atoms with Gasteiger partial charge in [0.2, 0.25) is 0 Å². The highest BCUT2D eigenvalue weighted by Gasteiger charge is 2.18. The molecule has 7 heteroatoms. The van der Waals surface area contributed by atoms with Crippen molar-refractivity contribution in [3.8, 4) is 11.3 Å². The van der Waals surface area contributed by atoms with Crippen molar-refractivity contribution in [3.05, 3.63) is 58.9 Å². The van der Waals surface area contributed by atoms with Crippen molar-refractivity contribution in [2.24, 2.45) is 0 Å². The van der Waals surface area contributed by atoms with Crippen LogP contribution >= 0.6 is 0 Å². The smallest absolute Gasteiger partial charge is 0.172 e. The Morgan fingerprint density at radius 3 is 2.79 bits per heavy atom. The summed E-state index contributed by atoms with van der Waals surface area (Å²) in [6.07, 6.45) is 4.55. The second-order valence-corrected chi connectivity index (χ2v) is 7.83. The van der Waals surface area contributed by atoms with Gasteiger partial charge in [0.25, 0.3) is 0 Å². The number of pyridine rings is 1. The van der Waals surface area contributed by atoms with E-state index in [-0.39, 0.29) is 0 Å². The van der Waals surface area contributed by atoms with Crippen molar-refractivity contribution < 1.29 is 0 Å². The fourth-order valence-corrected chi connectivity index (χ4v) is 3.96. The number of anilines is 3. The maximum Gasteiger partial charge on any atom is 0.172 e. The number of nitrogens with two attached hydrogens (primary N) is 2. The summed E-state index contributed by atoms with van der Waals surface area (Å²) in [4.78, 5) is 17.6. The van der Waals surface area contributed by atoms with Gasteiger partial charge in [0.15, 0.2) is 11.6 Å². The summed E-state index contributed by atoms with van der Waals surface area (Å²) in [6.45, 7) is 4.86. The van der Waals surface area contributed by atoms with E-state index in [1.807, 2.05) is 24.1 Å². The van der Waals surface area contributed by atoms with Crippen LogP contribution in [0, 0.1) is 6.92 Å². The number of nitrogen functional groups attached to an aromatic ring is 2. The molecule has 0 saturated heterocycles. The van der Waals surface area contributed by atoms with Crippen LogP contribution in [0.2, 0.25) is 0 Å². The van der Waals surface area contributed by atoms with Gasteiger partial charge in [-0.3, -0.25) is 0 Å². The normalized spacial score (nSPS) is 13.9. The minimum atomic E-state index is 0.410. The van der Waals surface area contributed by atoms with Gasteiger partial charge >= 0.3 is 0 Å². The number of likely N-dealkylation sites (N-methyl/N-ethyl adjacent to an activating group) is 1. The molecule has 1 aromatic carbocycles. The van der Waals surface area contributed by atoms with E-state index in [4.69, 9.17) is 16.5 Å². The quantitative estimate of drug-likeness (QED) is 0.708. The van der Waals surface area contributed by atoms with Crippen LogP contribution in [0.25, 0.3) is 11.3 Å². The Bertz CT molecular complexity index is 1050. The maximum absolute atomic E-state index is 6.15. The third-order valence-electron chi connectivity index (χ3n) is 5.45. The van der Waals surface area contributed by atoms with Crippen LogP contribution in [0.1, 0.15) is 22.3 Å². The lowest BCUT2D eigenvalue weighted by Crippen LogP contribution is -2.27. The molecule has 3 aromatic rings. The second-order valence-electron chi connectivity index (χ2n) is 7.83. The second kappa shape index (κ2) is 7.67. The molecule has 3 heterocycles. The number of hydrogen-bond acceptors (Lipinski definition) is 7. The Kier molecular flexibility index (Phi) is 5.07. The summed E-state index contributed by atoms with van der Waals surface area (Å²) < 4.78 is 0. The maximum atomic E-state index is 6.15. The number of benzene rings is 1. The van der Waals surface area contributed by atoms with Crippen molar-refractivity contribution in [1.29, 1.82) is 0 Å². The van der Waals surface area contributed by atoms with E-state index in [9.17, 15) is 0 Å². The number of hydrogen-bond donors (Lipinski definition) is 2. The molecule has 0 saturated carbocycles. The van der Waals surface area contributed by atoms with Crippen LogP contribution in [0.5, 0.6) is 0 Å². The van der Waals surface area contributed by atoms with E-state index in [1.54, 1.807) is 12.4 Å². The first-order valence-electron chi connectivity index (χ1n) is 9.76. The van der Waals surface area contributed by atoms with E-state index >= 15 is 0 Å². The van der Waals surface area contributed by atoms with Gasteiger partial charge in [0.1, 0.15) is 5.82 Å². The van der Waals surface area contributed by atoms with Gasteiger partial charge in [-0.2, -0.15) is 0 Å². The number of fused-ring (bicyclic) bond motifs is 1. The van der Waals surface area contributed by atoms with E-state index in [0.717, 1.165) is 36.3 Å². The number of nitrogens with zero attached hydrogens (tertiary/aromatic N) is 5. The molecule has 0 radical (unpaired) electrons. The predicted molar refractivity (Wildman–Crippen MR) is 117 cm³/mol. The molecule has 0 amide bonds. The minimum absolute atomic E-state index is 0.410. The van der Waals surface area contributed by atoms with Crippen molar-refractivity contribution >= 4 is 17.5 Å². The lowest BCUT2D eigenvalue weighted by atomic mass is 9.92. The zero-order chi connectivity index (χ0) is 20.5. The first kappa shape index (κ1) is 19.1. The molecule has 7 nitrogen and oxygen atoms in total. The third-order valence-corrected chi connectivity index (χ3v) is 5.45. The molecule has 29 heavy (non-hydrogen) atoms. The SMILES string of the molecule is Cc1cc(-c2cnc(N)c(N(C)Cc3ccnc(N)c3)n2)cc2c1CCN(C)C2. The fraction of sp³-hybridized carbons (Fsp3) is 0.318. The minimum Gasteiger partial charge on any atom is -0.384 e. The molecule has 0 fully saturated rings. The van der Waals surface area contributed by atoms with Gasteiger partial charge in [-0.1, -0.05) is 0 Å². The Hall–Kier alpha value is -3.19. The molecule has 150 valence electrons. The lowest BCUT2D eigenvalue weighted by Gasteiger charge is -2.27. The topological polar surface area (TPSA) is 97.2 Å². The molecule has 0 spiro atoms. The largest absolute Gasteiger partial charge is 0.384 e. The Morgan fingerprint density at radius 2 is 2.00 bits per heavy atom. The van der Waals surface area contributed by atoms with E-state index in [0.29, 0.717) is 24.0 Å². The van der Waals surface area contributed by atoms with Gasteiger partial charge < -0.3 is 21.3 Å². The van der Waals surface area contributed by atoms with Crippen molar-refractivity contribution in [1.82, 2.24) is 19.9 Å². The number of aromatic nitrogens is 3. The lowest BCUT2D eigenvalue weighted by molar-refractivity contribution is 0.312. The van der Waals surface area contributed by atoms with Crippen LogP contribution in [0.15, 0.2) is 36.7 Å². The van der Waals surface area contributed by atoms with Crippen molar-refractivity contribution in [3.63, 3.8) is 0 Å². The van der Waals surface area contributed by atoms with Crippen LogP contribution < -0.4 is 16.4 Å². The molecular weight excluding hydrogens is 362 g/mol. The van der Waals surface area contributed by atoms with Gasteiger partial charge in [0, 0.05) is 38.4 Å². The molecule has 2 aromatic heterocycles. The fourth-order valence-electron chi connectivity index (χ4n) is 3.96. The molecule has 0 bridgehead atoms. The first-order chi connectivity index (χ1) is 13.9. The van der Waals surface area contributed by atoms with Crippen LogP contribution in [-0.4, -0.2) is 40.5 Å². The predicted octanol–water partition coefficient (Wildman–Crippen LogP) is 2.64. The van der Waals surface area contributed by atoms with Crippen molar-refractivity contribution in [2.45, 2.75) is 26.4 Å². The number of aryl methyl sites for hydroxylation is 1. The van der Waals surface area contributed by atoms with Gasteiger partial charge in [-0.15, -0.1) is 0 Å². The zero-order valence-electron chi connectivity index (χ0n) is 17.2. The Balaban J connectivity index is 1.66. The summed E-state index contributed by atoms with van der Waals surface area (Å²) >= 11 is 0. The molecular formula is C22H27N7. The summed E-state index contributed by atoms with van der Waals surface area (Å²) in [5.41, 5.74) is 19.0. The van der Waals surface area contributed by atoms with E-state index in [1.165, 1.54) is 16.7 Å². The average Bonchev–Trinajstić information content (AvgIpc) is 2.67. The Morgan fingerprint density at radius 1 is 1.17 bits per heavy atom. The highest BCUT2D eigenvalue weighted by Crippen LogP contribution is 2.30. The standard InChI is InChI=1S/C22H27N7/c1-14-8-16(10-17-13-28(2)7-5-18(14)17)19-11-26-21(24)22(27-19)29(3)12-15-4-6-25-20(23)9-15/h4,6,8-11H,5,7,12-13H2,1-3H3,(H2,23,25)(H2,24,26). The third kappa shape index (κ3) is 4.00. The van der Waals surface area contributed by atoms with E-state index < -0.39 is 0 Å². The summed E-state index contributed by atoms with van der Waals surface area (Å²) in [5, 5.41) is 0. The van der Waals surface area contributed by atoms with Crippen molar-refractivity contribution in [2.75, 3.05) is 37.0 Å². The van der Waals surface area contributed by atoms with Gasteiger partial charge in [0.05, 0.1) is 11.9 Å². The summed E-state index contributed by atoms with van der Waals surface area (Å²) in [7, 11) is 4.11. The molecule has 0 atom stereocenters. The molecule has 0 aliphatic carbocycles. The van der Waals surface area contributed by atoms with Crippen LogP contribution in [0.4, 0.5) is 17.5 Å². The highest BCUT2D eigenvalue weighted by molar-refractivity contribution is 5.68. The molecule has 0 unspecified atom stereocenters. The first-order valence-corrected chi connectivity index (χ1v) is 9.76. The van der Waals surface area contributed by atoms with Gasteiger partial charge in [-0.25, -0.2) is 15.0 Å². The van der Waals surface area contributed by atoms with E-state index in [2.05, 4.69) is 41.0 Å². The summed E-state index contributed by atoms with van der Waals surface area (Å²) in [5.74, 6) is 1.57. The molecule has 4 N–H and O–H groups in total. The van der Waals surface area contributed by atoms with Crippen LogP contribution in [-0.2, 0) is 19.5 Å². The monoisotopic (exact) mass is 389 g/mol. The molecule has 1 aliphatic heterocycles. The molecule has 4 rings (SSSR count). The highest BCUT2D eigenvalue weighted by atomic mass is 15.2. The average molecular weight is 390 g/mol. The summed E-state index contributed by atoms with van der Waals surface area (Å²) in [6, 6.07) is 8.24. The Labute approximate surface area is 171 Å².